The van der Waals surface area contributed by atoms with Crippen LogP contribution in [0, 0.1) is 6.92 Å². The molecule has 0 heterocycles. The summed E-state index contributed by atoms with van der Waals surface area (Å²) in [6.07, 6.45) is 2.29. The van der Waals surface area contributed by atoms with Crippen LogP contribution in [0.3, 0.4) is 0 Å². The molecule has 0 saturated heterocycles. The van der Waals surface area contributed by atoms with E-state index in [0.717, 1.165) is 24.4 Å². The second kappa shape index (κ2) is 7.47. The molecule has 2 aromatic carbocycles. The highest BCUT2D eigenvalue weighted by Gasteiger charge is 2.09. The van der Waals surface area contributed by atoms with Gasteiger partial charge in [-0.1, -0.05) is 66.9 Å². The minimum absolute atomic E-state index is 0.387. The molecule has 2 aromatic rings. The summed E-state index contributed by atoms with van der Waals surface area (Å²) in [7, 11) is 0. The number of rotatable bonds is 6. The van der Waals surface area contributed by atoms with Crippen molar-refractivity contribution < 1.29 is 0 Å². The summed E-state index contributed by atoms with van der Waals surface area (Å²) in [5.41, 5.74) is 3.95. The van der Waals surface area contributed by atoms with E-state index in [9.17, 15) is 0 Å². The molecule has 0 saturated carbocycles. The van der Waals surface area contributed by atoms with Crippen molar-refractivity contribution in [3.8, 4) is 0 Å². The SMILES string of the molecule is CCCC(NCc1cccc(C)c1)c1ccc(Cl)cc1. The molecule has 0 aromatic heterocycles. The Hall–Kier alpha value is -1.31. The maximum atomic E-state index is 5.96. The van der Waals surface area contributed by atoms with E-state index >= 15 is 0 Å². The molecule has 1 atom stereocenters. The van der Waals surface area contributed by atoms with E-state index in [1.807, 2.05) is 12.1 Å². The van der Waals surface area contributed by atoms with Crippen LogP contribution in [0.5, 0.6) is 0 Å². The van der Waals surface area contributed by atoms with Gasteiger partial charge in [-0.2, -0.15) is 0 Å². The average Bonchev–Trinajstić information content (AvgIpc) is 2.44. The Morgan fingerprint density at radius 3 is 2.50 bits per heavy atom. The summed E-state index contributed by atoms with van der Waals surface area (Å²) in [5.74, 6) is 0. The Kier molecular flexibility index (Phi) is 5.63. The lowest BCUT2D eigenvalue weighted by Crippen LogP contribution is -2.20. The van der Waals surface area contributed by atoms with Crippen LogP contribution in [0.15, 0.2) is 48.5 Å². The van der Waals surface area contributed by atoms with Gasteiger partial charge in [-0.25, -0.2) is 0 Å². The Labute approximate surface area is 127 Å². The van der Waals surface area contributed by atoms with Crippen molar-refractivity contribution in [1.82, 2.24) is 5.32 Å². The fourth-order valence-electron chi connectivity index (χ4n) is 2.43. The fraction of sp³-hybridized carbons (Fsp3) is 0.333. The van der Waals surface area contributed by atoms with Crippen molar-refractivity contribution in [2.75, 3.05) is 0 Å². The number of hydrogen-bond donors (Lipinski definition) is 1. The molecular weight excluding hydrogens is 266 g/mol. The molecule has 2 heteroatoms. The average molecular weight is 288 g/mol. The van der Waals surface area contributed by atoms with E-state index in [1.54, 1.807) is 0 Å². The van der Waals surface area contributed by atoms with Crippen LogP contribution in [0.1, 0.15) is 42.5 Å². The zero-order valence-corrected chi connectivity index (χ0v) is 13.0. The molecule has 0 amide bonds. The fourth-order valence-corrected chi connectivity index (χ4v) is 2.56. The van der Waals surface area contributed by atoms with E-state index in [-0.39, 0.29) is 0 Å². The van der Waals surface area contributed by atoms with Crippen molar-refractivity contribution in [1.29, 1.82) is 0 Å². The van der Waals surface area contributed by atoms with Crippen molar-refractivity contribution in [3.05, 3.63) is 70.2 Å². The second-order valence-electron chi connectivity index (χ2n) is 5.26. The molecule has 1 nitrogen and oxygen atoms in total. The van der Waals surface area contributed by atoms with Gasteiger partial charge in [-0.3, -0.25) is 0 Å². The van der Waals surface area contributed by atoms with E-state index in [0.29, 0.717) is 6.04 Å². The highest BCUT2D eigenvalue weighted by Crippen LogP contribution is 2.21. The molecule has 0 aliphatic rings. The predicted octanol–water partition coefficient (Wildman–Crippen LogP) is 5.28. The highest BCUT2D eigenvalue weighted by atomic mass is 35.5. The normalized spacial score (nSPS) is 12.3. The minimum Gasteiger partial charge on any atom is -0.306 e. The van der Waals surface area contributed by atoms with Gasteiger partial charge in [-0.05, 0) is 36.6 Å². The lowest BCUT2D eigenvalue weighted by Gasteiger charge is -2.19. The first kappa shape index (κ1) is 15.1. The van der Waals surface area contributed by atoms with Crippen LogP contribution >= 0.6 is 11.6 Å². The van der Waals surface area contributed by atoms with Gasteiger partial charge in [0.1, 0.15) is 0 Å². The number of hydrogen-bond acceptors (Lipinski definition) is 1. The van der Waals surface area contributed by atoms with Gasteiger partial charge in [0.05, 0.1) is 0 Å². The number of aryl methyl sites for hydroxylation is 1. The van der Waals surface area contributed by atoms with E-state index < -0.39 is 0 Å². The lowest BCUT2D eigenvalue weighted by atomic mass is 10.0. The summed E-state index contributed by atoms with van der Waals surface area (Å²) in [5, 5.41) is 4.45. The van der Waals surface area contributed by atoms with Gasteiger partial charge >= 0.3 is 0 Å². The summed E-state index contributed by atoms with van der Waals surface area (Å²) in [6.45, 7) is 5.25. The monoisotopic (exact) mass is 287 g/mol. The molecule has 0 fully saturated rings. The summed E-state index contributed by atoms with van der Waals surface area (Å²) in [4.78, 5) is 0. The molecule has 106 valence electrons. The molecule has 20 heavy (non-hydrogen) atoms. The highest BCUT2D eigenvalue weighted by molar-refractivity contribution is 6.30. The molecule has 0 bridgehead atoms. The zero-order valence-electron chi connectivity index (χ0n) is 12.2. The van der Waals surface area contributed by atoms with E-state index in [2.05, 4.69) is 55.6 Å². The Balaban J connectivity index is 2.04. The first-order chi connectivity index (χ1) is 9.69. The molecule has 0 aliphatic carbocycles. The molecule has 1 N–H and O–H groups in total. The smallest absolute Gasteiger partial charge is 0.0406 e. The van der Waals surface area contributed by atoms with Crippen LogP contribution < -0.4 is 5.32 Å². The van der Waals surface area contributed by atoms with Gasteiger partial charge in [0.2, 0.25) is 0 Å². The third-order valence-electron chi connectivity index (χ3n) is 3.48. The molecule has 1 unspecified atom stereocenters. The van der Waals surface area contributed by atoms with E-state index in [4.69, 9.17) is 11.6 Å². The predicted molar refractivity (Wildman–Crippen MR) is 87.1 cm³/mol. The molecule has 0 radical (unpaired) electrons. The first-order valence-corrected chi connectivity index (χ1v) is 7.61. The van der Waals surface area contributed by atoms with Gasteiger partial charge in [0, 0.05) is 17.6 Å². The lowest BCUT2D eigenvalue weighted by molar-refractivity contribution is 0.493. The van der Waals surface area contributed by atoms with Crippen molar-refractivity contribution in [2.24, 2.45) is 0 Å². The maximum absolute atomic E-state index is 5.96. The summed E-state index contributed by atoms with van der Waals surface area (Å²) in [6, 6.07) is 17.2. The Morgan fingerprint density at radius 1 is 1.10 bits per heavy atom. The zero-order chi connectivity index (χ0) is 14.4. The number of halogens is 1. The molecular formula is C18H22ClN. The first-order valence-electron chi connectivity index (χ1n) is 7.23. The number of benzene rings is 2. The second-order valence-corrected chi connectivity index (χ2v) is 5.70. The van der Waals surface area contributed by atoms with Crippen LogP contribution in [0.2, 0.25) is 5.02 Å². The van der Waals surface area contributed by atoms with Crippen molar-refractivity contribution in [2.45, 2.75) is 39.3 Å². The molecule has 2 rings (SSSR count). The van der Waals surface area contributed by atoms with Crippen LogP contribution in [-0.4, -0.2) is 0 Å². The van der Waals surface area contributed by atoms with Gasteiger partial charge in [0.25, 0.3) is 0 Å². The third-order valence-corrected chi connectivity index (χ3v) is 3.74. The van der Waals surface area contributed by atoms with Crippen LogP contribution in [-0.2, 0) is 6.54 Å². The van der Waals surface area contributed by atoms with Crippen molar-refractivity contribution >= 4 is 11.6 Å². The maximum Gasteiger partial charge on any atom is 0.0406 e. The Morgan fingerprint density at radius 2 is 1.85 bits per heavy atom. The topological polar surface area (TPSA) is 12.0 Å². The van der Waals surface area contributed by atoms with E-state index in [1.165, 1.54) is 16.7 Å². The largest absolute Gasteiger partial charge is 0.306 e. The standard InChI is InChI=1S/C18H22ClN/c1-3-5-18(16-8-10-17(19)11-9-16)20-13-15-7-4-6-14(2)12-15/h4,6-12,18,20H,3,5,13H2,1-2H3. The quantitative estimate of drug-likeness (QED) is 0.762. The van der Waals surface area contributed by atoms with Crippen LogP contribution in [0.25, 0.3) is 0 Å². The van der Waals surface area contributed by atoms with Gasteiger partial charge in [0.15, 0.2) is 0 Å². The van der Waals surface area contributed by atoms with Crippen molar-refractivity contribution in [3.63, 3.8) is 0 Å². The summed E-state index contributed by atoms with van der Waals surface area (Å²) < 4.78 is 0. The van der Waals surface area contributed by atoms with Gasteiger partial charge < -0.3 is 5.32 Å². The molecule has 0 aliphatic heterocycles. The minimum atomic E-state index is 0.387. The molecule has 0 spiro atoms. The third kappa shape index (κ3) is 4.36. The summed E-state index contributed by atoms with van der Waals surface area (Å²) >= 11 is 5.96. The van der Waals surface area contributed by atoms with Crippen LogP contribution in [0.4, 0.5) is 0 Å². The number of nitrogens with one attached hydrogen (secondary N) is 1. The Bertz CT molecular complexity index is 533. The van der Waals surface area contributed by atoms with Gasteiger partial charge in [-0.15, -0.1) is 0 Å².